The lowest BCUT2D eigenvalue weighted by atomic mass is 10.1. The van der Waals surface area contributed by atoms with Gasteiger partial charge in [-0.1, -0.05) is 80.8 Å². The normalized spacial score (nSPS) is 10.9. The highest BCUT2D eigenvalue weighted by Crippen LogP contribution is 2.36. The largest absolute Gasteiger partial charge is 0.276 e. The molecule has 0 atom stereocenters. The molecule has 0 aromatic rings. The summed E-state index contributed by atoms with van der Waals surface area (Å²) in [5.41, 5.74) is 0. The van der Waals surface area contributed by atoms with Crippen LogP contribution in [0.2, 0.25) is 0 Å². The second-order valence-electron chi connectivity index (χ2n) is 3.95. The van der Waals surface area contributed by atoms with Crippen molar-refractivity contribution in [2.45, 2.75) is 64.7 Å². The van der Waals surface area contributed by atoms with E-state index in [1.165, 1.54) is 51.4 Å². The molecule has 0 unspecified atom stereocenters. The Kier molecular flexibility index (Phi) is 13.6. The zero-order valence-electron chi connectivity index (χ0n) is 9.77. The maximum absolute atomic E-state index is 5.59. The van der Waals surface area contributed by atoms with E-state index in [0.29, 0.717) is 0 Å². The molecule has 0 aliphatic heterocycles. The Bertz CT molecular complexity index is 159. The minimum absolute atomic E-state index is 0.858. The Labute approximate surface area is 105 Å². The minimum atomic E-state index is -1.37. The molecule has 0 bridgehead atoms. The molecule has 15 heavy (non-hydrogen) atoms. The molecule has 1 nitrogen and oxygen atoms in total. The molecule has 0 aromatic heterocycles. The second kappa shape index (κ2) is 12.9. The van der Waals surface area contributed by atoms with Crippen LogP contribution in [0, 0.1) is 0 Å². The smallest absolute Gasteiger partial charge is 0.125 e. The third-order valence-electron chi connectivity index (χ3n) is 2.49. The van der Waals surface area contributed by atoms with Gasteiger partial charge < -0.3 is 0 Å². The van der Waals surface area contributed by atoms with Gasteiger partial charge in [-0.25, -0.2) is 0 Å². The summed E-state index contributed by atoms with van der Waals surface area (Å²) >= 11 is 11.2. The number of rotatable bonds is 10. The number of hydrogen-bond donors (Lipinski definition) is 0. The van der Waals surface area contributed by atoms with E-state index in [9.17, 15) is 0 Å². The van der Waals surface area contributed by atoms with Gasteiger partial charge in [-0.15, -0.1) is 0 Å². The first-order valence-corrected chi connectivity index (χ1v) is 9.60. The lowest BCUT2D eigenvalue weighted by Crippen LogP contribution is -1.82. The number of unbranched alkanes of at least 4 members (excludes halogenated alkanes) is 8. The highest BCUT2D eigenvalue weighted by atomic mass is 35.9. The molecule has 0 radical (unpaired) electrons. The van der Waals surface area contributed by atoms with Crippen LogP contribution in [-0.2, 0) is 0 Å². The molecule has 0 saturated heterocycles. The predicted molar refractivity (Wildman–Crippen MR) is 74.5 cm³/mol. The summed E-state index contributed by atoms with van der Waals surface area (Å²) in [6.45, 7) is 3.12. The molecule has 0 heterocycles. The molecule has 92 valence electrons. The van der Waals surface area contributed by atoms with Gasteiger partial charge in [-0.05, 0) is 6.42 Å². The predicted octanol–water partition coefficient (Wildman–Crippen LogP) is 6.22. The summed E-state index contributed by atoms with van der Waals surface area (Å²) in [6.07, 6.45) is 10.7. The molecule has 0 amide bonds. The fraction of sp³-hybridized carbons (Fsp3) is 1.00. The monoisotopic (exact) mass is 271 g/mol. The van der Waals surface area contributed by atoms with Crippen LogP contribution in [0.15, 0.2) is 4.74 Å². The summed E-state index contributed by atoms with van der Waals surface area (Å²) in [4.78, 5) is 0. The summed E-state index contributed by atoms with van der Waals surface area (Å²) in [6, 6.07) is 0. The van der Waals surface area contributed by atoms with Gasteiger partial charge >= 0.3 is 0 Å². The van der Waals surface area contributed by atoms with E-state index in [1.807, 2.05) is 0 Å². The van der Waals surface area contributed by atoms with Crippen LogP contribution in [0.3, 0.4) is 0 Å². The highest BCUT2D eigenvalue weighted by molar-refractivity contribution is 7.96. The van der Waals surface area contributed by atoms with Crippen molar-refractivity contribution < 1.29 is 0 Å². The quantitative estimate of drug-likeness (QED) is 0.330. The molecular weight excluding hydrogens is 248 g/mol. The van der Waals surface area contributed by atoms with Gasteiger partial charge in [0.2, 0.25) is 0 Å². The highest BCUT2D eigenvalue weighted by Gasteiger charge is 1.91. The zero-order valence-corrected chi connectivity index (χ0v) is 12.3. The van der Waals surface area contributed by atoms with Crippen LogP contribution in [0.5, 0.6) is 0 Å². The summed E-state index contributed by atoms with van der Waals surface area (Å²) in [5, 5.41) is 0. The number of hydrogen-bond acceptors (Lipinski definition) is 1. The molecule has 0 N–H and O–H groups in total. The van der Waals surface area contributed by atoms with Crippen LogP contribution in [-0.4, -0.2) is 6.54 Å². The lowest BCUT2D eigenvalue weighted by molar-refractivity contribution is 0.567. The molecule has 4 heteroatoms. The van der Waals surface area contributed by atoms with Crippen molar-refractivity contribution >= 4 is 28.9 Å². The standard InChI is InChI=1S/C11H24Cl2NP/c1-2-3-4-5-6-7-8-9-10-11-14-15(12)13/h15H,2-11H2,1H3. The van der Waals surface area contributed by atoms with E-state index in [4.69, 9.17) is 22.5 Å². The van der Waals surface area contributed by atoms with Crippen molar-refractivity contribution in [3.8, 4) is 0 Å². The summed E-state index contributed by atoms with van der Waals surface area (Å²) in [7, 11) is 0. The van der Waals surface area contributed by atoms with Crippen molar-refractivity contribution in [2.75, 3.05) is 6.54 Å². The fourth-order valence-corrected chi connectivity index (χ4v) is 2.42. The Morgan fingerprint density at radius 3 is 1.73 bits per heavy atom. The van der Waals surface area contributed by atoms with Crippen molar-refractivity contribution in [1.29, 1.82) is 0 Å². The Balaban J connectivity index is 2.96. The van der Waals surface area contributed by atoms with E-state index >= 15 is 0 Å². The molecule has 0 spiro atoms. The van der Waals surface area contributed by atoms with Crippen molar-refractivity contribution in [2.24, 2.45) is 4.74 Å². The van der Waals surface area contributed by atoms with Crippen LogP contribution >= 0.6 is 28.9 Å². The van der Waals surface area contributed by atoms with Crippen LogP contribution in [0.25, 0.3) is 0 Å². The maximum Gasteiger partial charge on any atom is 0.125 e. The Morgan fingerprint density at radius 2 is 1.27 bits per heavy atom. The van der Waals surface area contributed by atoms with Crippen molar-refractivity contribution in [3.05, 3.63) is 0 Å². The van der Waals surface area contributed by atoms with Crippen LogP contribution in [0.4, 0.5) is 0 Å². The van der Waals surface area contributed by atoms with Gasteiger partial charge in [0.25, 0.3) is 0 Å². The van der Waals surface area contributed by atoms with Crippen molar-refractivity contribution in [3.63, 3.8) is 0 Å². The van der Waals surface area contributed by atoms with Gasteiger partial charge in [0.15, 0.2) is 0 Å². The third-order valence-corrected chi connectivity index (χ3v) is 3.67. The van der Waals surface area contributed by atoms with Crippen LogP contribution < -0.4 is 0 Å². The van der Waals surface area contributed by atoms with E-state index in [2.05, 4.69) is 11.7 Å². The van der Waals surface area contributed by atoms with E-state index in [0.717, 1.165) is 13.0 Å². The average Bonchev–Trinajstić information content (AvgIpc) is 2.20. The van der Waals surface area contributed by atoms with Gasteiger partial charge in [0.1, 0.15) is 6.42 Å². The van der Waals surface area contributed by atoms with Gasteiger partial charge in [0.05, 0.1) is 0 Å². The molecule has 0 fully saturated rings. The topological polar surface area (TPSA) is 12.4 Å². The van der Waals surface area contributed by atoms with Gasteiger partial charge in [-0.3, -0.25) is 4.74 Å². The summed E-state index contributed by atoms with van der Waals surface area (Å²) < 4.78 is 4.12. The first kappa shape index (κ1) is 15.8. The third kappa shape index (κ3) is 14.8. The first-order valence-electron chi connectivity index (χ1n) is 6.12. The summed E-state index contributed by atoms with van der Waals surface area (Å²) in [5.74, 6) is 0. The number of halogens is 2. The Morgan fingerprint density at radius 1 is 0.800 bits per heavy atom. The van der Waals surface area contributed by atoms with Crippen molar-refractivity contribution in [1.82, 2.24) is 0 Å². The fourth-order valence-electron chi connectivity index (χ4n) is 1.59. The SMILES string of the molecule is CCCCCCCCCCCN=[PH](Cl)Cl. The Hall–Kier alpha value is 0.810. The van der Waals surface area contributed by atoms with E-state index in [-0.39, 0.29) is 0 Å². The van der Waals surface area contributed by atoms with Gasteiger partial charge in [-0.2, -0.15) is 0 Å². The van der Waals surface area contributed by atoms with Gasteiger partial charge in [0, 0.05) is 6.54 Å². The maximum atomic E-state index is 5.59. The average molecular weight is 272 g/mol. The second-order valence-corrected chi connectivity index (χ2v) is 7.48. The molecule has 0 aromatic carbocycles. The van der Waals surface area contributed by atoms with E-state index in [1.54, 1.807) is 0 Å². The van der Waals surface area contributed by atoms with Crippen LogP contribution in [0.1, 0.15) is 64.7 Å². The first-order chi connectivity index (χ1) is 7.27. The molecule has 0 aliphatic carbocycles. The molecule has 0 aliphatic rings. The molecule has 0 saturated carbocycles. The lowest BCUT2D eigenvalue weighted by Gasteiger charge is -2.00. The molecular formula is C11H24Cl2NP. The number of nitrogens with zero attached hydrogens (tertiary/aromatic N) is 1. The molecule has 0 rings (SSSR count). The minimum Gasteiger partial charge on any atom is -0.276 e. The zero-order chi connectivity index (χ0) is 11.4. The van der Waals surface area contributed by atoms with E-state index < -0.39 is 6.42 Å².